The van der Waals surface area contributed by atoms with Gasteiger partial charge in [0, 0.05) is 19.1 Å². The molecule has 0 aromatic heterocycles. The van der Waals surface area contributed by atoms with Gasteiger partial charge in [0.25, 0.3) is 0 Å². The Bertz CT molecular complexity index is 278. The maximum absolute atomic E-state index is 11.6. The Morgan fingerprint density at radius 2 is 1.94 bits per heavy atom. The first-order chi connectivity index (χ1) is 8.03. The van der Waals surface area contributed by atoms with E-state index in [-0.39, 0.29) is 0 Å². The number of hydrogen-bond acceptors (Lipinski definition) is 2. The SMILES string of the molecule is CC(C)CN(CC1(C(=O)O)CCCC1)C1CC1. The van der Waals surface area contributed by atoms with Gasteiger partial charge >= 0.3 is 5.97 Å². The molecule has 1 N–H and O–H groups in total. The molecule has 98 valence electrons. The van der Waals surface area contributed by atoms with E-state index in [0.29, 0.717) is 12.0 Å². The highest BCUT2D eigenvalue weighted by molar-refractivity contribution is 5.75. The van der Waals surface area contributed by atoms with Gasteiger partial charge in [-0.15, -0.1) is 0 Å². The van der Waals surface area contributed by atoms with Crippen LogP contribution in [0.5, 0.6) is 0 Å². The fraction of sp³-hybridized carbons (Fsp3) is 0.929. The second kappa shape index (κ2) is 4.97. The summed E-state index contributed by atoms with van der Waals surface area (Å²) in [6.45, 7) is 6.28. The van der Waals surface area contributed by atoms with Crippen LogP contribution in [-0.2, 0) is 4.79 Å². The van der Waals surface area contributed by atoms with Crippen molar-refractivity contribution in [2.45, 2.75) is 58.4 Å². The number of rotatable bonds is 6. The lowest BCUT2D eigenvalue weighted by Crippen LogP contribution is -2.43. The predicted octanol–water partition coefficient (Wildman–Crippen LogP) is 2.75. The van der Waals surface area contributed by atoms with E-state index in [4.69, 9.17) is 0 Å². The summed E-state index contributed by atoms with van der Waals surface area (Å²) in [5.74, 6) is 0.0623. The van der Waals surface area contributed by atoms with Crippen molar-refractivity contribution in [2.24, 2.45) is 11.3 Å². The van der Waals surface area contributed by atoms with Gasteiger partial charge in [-0.3, -0.25) is 9.69 Å². The molecule has 0 radical (unpaired) electrons. The monoisotopic (exact) mass is 239 g/mol. The smallest absolute Gasteiger partial charge is 0.310 e. The average molecular weight is 239 g/mol. The minimum atomic E-state index is -0.565. The molecule has 17 heavy (non-hydrogen) atoms. The van der Waals surface area contributed by atoms with Crippen LogP contribution in [0.1, 0.15) is 52.4 Å². The third kappa shape index (κ3) is 3.01. The largest absolute Gasteiger partial charge is 0.481 e. The molecular weight excluding hydrogens is 214 g/mol. The fourth-order valence-electron chi connectivity index (χ4n) is 3.13. The first-order valence-electron chi connectivity index (χ1n) is 7.01. The maximum atomic E-state index is 11.6. The van der Waals surface area contributed by atoms with Crippen LogP contribution in [0.15, 0.2) is 0 Å². The molecule has 0 spiro atoms. The molecule has 3 nitrogen and oxygen atoms in total. The molecule has 2 aliphatic carbocycles. The highest BCUT2D eigenvalue weighted by Crippen LogP contribution is 2.41. The second-order valence-electron chi connectivity index (χ2n) is 6.35. The normalized spacial score (nSPS) is 23.5. The molecule has 0 amide bonds. The fourth-order valence-corrected chi connectivity index (χ4v) is 3.13. The molecule has 2 rings (SSSR count). The molecule has 0 aromatic rings. The van der Waals surface area contributed by atoms with Gasteiger partial charge in [0.2, 0.25) is 0 Å². The summed E-state index contributed by atoms with van der Waals surface area (Å²) in [5, 5.41) is 9.52. The van der Waals surface area contributed by atoms with Crippen molar-refractivity contribution in [3.63, 3.8) is 0 Å². The number of carboxylic acids is 1. The number of hydrogen-bond donors (Lipinski definition) is 1. The Kier molecular flexibility index (Phi) is 3.76. The summed E-state index contributed by atoms with van der Waals surface area (Å²) >= 11 is 0. The molecule has 0 heterocycles. The zero-order valence-corrected chi connectivity index (χ0v) is 11.1. The molecular formula is C14H25NO2. The van der Waals surface area contributed by atoms with E-state index in [1.165, 1.54) is 12.8 Å². The van der Waals surface area contributed by atoms with Crippen LogP contribution in [-0.4, -0.2) is 35.1 Å². The molecule has 0 aliphatic heterocycles. The zero-order chi connectivity index (χ0) is 12.5. The van der Waals surface area contributed by atoms with Crippen molar-refractivity contribution < 1.29 is 9.90 Å². The first kappa shape index (κ1) is 12.9. The molecule has 0 unspecified atom stereocenters. The van der Waals surface area contributed by atoms with Gasteiger partial charge in [-0.1, -0.05) is 26.7 Å². The van der Waals surface area contributed by atoms with Gasteiger partial charge in [0.15, 0.2) is 0 Å². The summed E-state index contributed by atoms with van der Waals surface area (Å²) < 4.78 is 0. The van der Waals surface area contributed by atoms with Crippen LogP contribution in [0.4, 0.5) is 0 Å². The highest BCUT2D eigenvalue weighted by Gasteiger charge is 2.44. The predicted molar refractivity (Wildman–Crippen MR) is 68.0 cm³/mol. The van der Waals surface area contributed by atoms with Gasteiger partial charge in [0.1, 0.15) is 0 Å². The summed E-state index contributed by atoms with van der Waals surface area (Å²) in [6.07, 6.45) is 6.47. The molecule has 3 heteroatoms. The van der Waals surface area contributed by atoms with Crippen LogP contribution >= 0.6 is 0 Å². The molecule has 2 saturated carbocycles. The average Bonchev–Trinajstić information content (AvgIpc) is 2.98. The molecule has 0 saturated heterocycles. The highest BCUT2D eigenvalue weighted by atomic mass is 16.4. The van der Waals surface area contributed by atoms with Gasteiger partial charge < -0.3 is 5.11 Å². The van der Waals surface area contributed by atoms with Gasteiger partial charge in [-0.05, 0) is 31.6 Å². The zero-order valence-electron chi connectivity index (χ0n) is 11.1. The number of aliphatic carboxylic acids is 1. The minimum Gasteiger partial charge on any atom is -0.481 e. The first-order valence-corrected chi connectivity index (χ1v) is 7.01. The van der Waals surface area contributed by atoms with Crippen molar-refractivity contribution in [1.82, 2.24) is 4.90 Å². The Balaban J connectivity index is 2.01. The van der Waals surface area contributed by atoms with E-state index in [9.17, 15) is 9.90 Å². The number of nitrogens with zero attached hydrogens (tertiary/aromatic N) is 1. The molecule has 0 atom stereocenters. The topological polar surface area (TPSA) is 40.5 Å². The van der Waals surface area contributed by atoms with Crippen LogP contribution in [0.3, 0.4) is 0 Å². The standard InChI is InChI=1S/C14H25NO2/c1-11(2)9-15(12-5-6-12)10-14(13(16)17)7-3-4-8-14/h11-12H,3-10H2,1-2H3,(H,16,17). The van der Waals surface area contributed by atoms with E-state index < -0.39 is 11.4 Å². The summed E-state index contributed by atoms with van der Waals surface area (Å²) in [5.41, 5.74) is -0.433. The summed E-state index contributed by atoms with van der Waals surface area (Å²) in [6, 6.07) is 0.675. The van der Waals surface area contributed by atoms with Crippen LogP contribution in [0.25, 0.3) is 0 Å². The Hall–Kier alpha value is -0.570. The maximum Gasteiger partial charge on any atom is 0.310 e. The molecule has 2 fully saturated rings. The Morgan fingerprint density at radius 1 is 1.35 bits per heavy atom. The Morgan fingerprint density at radius 3 is 2.35 bits per heavy atom. The summed E-state index contributed by atoms with van der Waals surface area (Å²) in [4.78, 5) is 14.0. The molecule has 2 aliphatic rings. The lowest BCUT2D eigenvalue weighted by Gasteiger charge is -2.33. The van der Waals surface area contributed by atoms with Crippen molar-refractivity contribution in [2.75, 3.05) is 13.1 Å². The minimum absolute atomic E-state index is 0.433. The van der Waals surface area contributed by atoms with E-state index in [1.807, 2.05) is 0 Å². The lowest BCUT2D eigenvalue weighted by atomic mass is 9.85. The third-order valence-corrected chi connectivity index (χ3v) is 4.18. The van der Waals surface area contributed by atoms with Crippen LogP contribution in [0.2, 0.25) is 0 Å². The van der Waals surface area contributed by atoms with Crippen LogP contribution < -0.4 is 0 Å². The third-order valence-electron chi connectivity index (χ3n) is 4.18. The van der Waals surface area contributed by atoms with Crippen LogP contribution in [0, 0.1) is 11.3 Å². The Labute approximate surface area is 104 Å². The quantitative estimate of drug-likeness (QED) is 0.775. The van der Waals surface area contributed by atoms with Gasteiger partial charge in [-0.2, -0.15) is 0 Å². The second-order valence-corrected chi connectivity index (χ2v) is 6.35. The van der Waals surface area contributed by atoms with E-state index in [2.05, 4.69) is 18.7 Å². The van der Waals surface area contributed by atoms with Gasteiger partial charge in [-0.25, -0.2) is 0 Å². The van der Waals surface area contributed by atoms with E-state index >= 15 is 0 Å². The molecule has 0 bridgehead atoms. The summed E-state index contributed by atoms with van der Waals surface area (Å²) in [7, 11) is 0. The van der Waals surface area contributed by atoms with E-state index in [0.717, 1.165) is 38.8 Å². The van der Waals surface area contributed by atoms with Crippen molar-refractivity contribution >= 4 is 5.97 Å². The number of carbonyl (C=O) groups is 1. The van der Waals surface area contributed by atoms with Crippen molar-refractivity contribution in [1.29, 1.82) is 0 Å². The lowest BCUT2D eigenvalue weighted by molar-refractivity contribution is -0.150. The van der Waals surface area contributed by atoms with Gasteiger partial charge in [0.05, 0.1) is 5.41 Å². The number of carboxylic acid groups (broad SMARTS) is 1. The van der Waals surface area contributed by atoms with Crippen molar-refractivity contribution in [3.05, 3.63) is 0 Å². The molecule has 0 aromatic carbocycles. The van der Waals surface area contributed by atoms with Crippen molar-refractivity contribution in [3.8, 4) is 0 Å². The van der Waals surface area contributed by atoms with E-state index in [1.54, 1.807) is 0 Å².